The van der Waals surface area contributed by atoms with Crippen molar-refractivity contribution >= 4 is 5.97 Å². The summed E-state index contributed by atoms with van der Waals surface area (Å²) >= 11 is 0. The Bertz CT molecular complexity index is 416. The SMILES string of the molecule is COC(=O)c1cc(CC2(OC)CNC2)cn1C. The van der Waals surface area contributed by atoms with Gasteiger partial charge in [0.1, 0.15) is 5.69 Å². The van der Waals surface area contributed by atoms with Gasteiger partial charge in [-0.3, -0.25) is 0 Å². The molecule has 1 aliphatic rings. The first-order valence-electron chi connectivity index (χ1n) is 5.60. The molecule has 1 aliphatic heterocycles. The molecule has 0 amide bonds. The maximum absolute atomic E-state index is 11.5. The van der Waals surface area contributed by atoms with Crippen molar-refractivity contribution in [2.24, 2.45) is 7.05 Å². The van der Waals surface area contributed by atoms with Crippen LogP contribution in [0.3, 0.4) is 0 Å². The second-order valence-electron chi connectivity index (χ2n) is 4.50. The number of rotatable bonds is 4. The van der Waals surface area contributed by atoms with Crippen LogP contribution in [-0.4, -0.2) is 43.4 Å². The van der Waals surface area contributed by atoms with Crippen molar-refractivity contribution in [3.8, 4) is 0 Å². The number of hydrogen-bond acceptors (Lipinski definition) is 4. The fraction of sp³-hybridized carbons (Fsp3) is 0.583. The Hall–Kier alpha value is -1.33. The lowest BCUT2D eigenvalue weighted by molar-refractivity contribution is -0.0502. The summed E-state index contributed by atoms with van der Waals surface area (Å²) in [6.07, 6.45) is 2.76. The Morgan fingerprint density at radius 2 is 2.24 bits per heavy atom. The van der Waals surface area contributed by atoms with E-state index in [9.17, 15) is 4.79 Å². The zero-order valence-electron chi connectivity index (χ0n) is 10.4. The minimum absolute atomic E-state index is 0.116. The molecule has 2 rings (SSSR count). The van der Waals surface area contributed by atoms with Crippen LogP contribution in [0.15, 0.2) is 12.3 Å². The van der Waals surface area contributed by atoms with Crippen molar-refractivity contribution in [3.05, 3.63) is 23.5 Å². The largest absolute Gasteiger partial charge is 0.464 e. The number of aryl methyl sites for hydroxylation is 1. The molecule has 0 saturated carbocycles. The average Bonchev–Trinajstić information content (AvgIpc) is 2.64. The fourth-order valence-corrected chi connectivity index (χ4v) is 2.15. The Kier molecular flexibility index (Phi) is 3.22. The molecule has 2 heterocycles. The van der Waals surface area contributed by atoms with E-state index < -0.39 is 0 Å². The highest BCUT2D eigenvalue weighted by Crippen LogP contribution is 2.23. The van der Waals surface area contributed by atoms with E-state index in [2.05, 4.69) is 5.32 Å². The summed E-state index contributed by atoms with van der Waals surface area (Å²) in [6, 6.07) is 1.87. The van der Waals surface area contributed by atoms with E-state index >= 15 is 0 Å². The molecule has 1 aromatic heterocycles. The quantitative estimate of drug-likeness (QED) is 0.769. The molecule has 1 fully saturated rings. The maximum Gasteiger partial charge on any atom is 0.354 e. The van der Waals surface area contributed by atoms with E-state index in [1.807, 2.05) is 19.3 Å². The molecule has 17 heavy (non-hydrogen) atoms. The molecule has 94 valence electrons. The lowest BCUT2D eigenvalue weighted by atomic mass is 9.90. The van der Waals surface area contributed by atoms with Crippen LogP contribution in [0.5, 0.6) is 0 Å². The van der Waals surface area contributed by atoms with Crippen LogP contribution >= 0.6 is 0 Å². The van der Waals surface area contributed by atoms with Crippen LogP contribution in [0.4, 0.5) is 0 Å². The van der Waals surface area contributed by atoms with E-state index in [0.29, 0.717) is 5.69 Å². The number of ether oxygens (including phenoxy) is 2. The van der Waals surface area contributed by atoms with Crippen molar-refractivity contribution in [1.29, 1.82) is 0 Å². The predicted octanol–water partition coefficient (Wildman–Crippen LogP) is 0.343. The highest BCUT2D eigenvalue weighted by molar-refractivity contribution is 5.87. The maximum atomic E-state index is 11.5. The topological polar surface area (TPSA) is 52.5 Å². The summed E-state index contributed by atoms with van der Waals surface area (Å²) in [5.41, 5.74) is 1.55. The summed E-state index contributed by atoms with van der Waals surface area (Å²) in [4.78, 5) is 11.5. The van der Waals surface area contributed by atoms with Crippen LogP contribution in [0, 0.1) is 0 Å². The highest BCUT2D eigenvalue weighted by Gasteiger charge is 2.37. The van der Waals surface area contributed by atoms with E-state index in [1.165, 1.54) is 7.11 Å². The number of methoxy groups -OCH3 is 2. The molecule has 0 radical (unpaired) electrons. The third-order valence-electron chi connectivity index (χ3n) is 3.31. The van der Waals surface area contributed by atoms with Gasteiger partial charge < -0.3 is 19.4 Å². The highest BCUT2D eigenvalue weighted by atomic mass is 16.5. The standard InChI is InChI=1S/C12H18N2O3/c1-14-6-9(4-10(14)11(15)16-2)5-12(17-3)7-13-8-12/h4,6,13H,5,7-8H2,1-3H3. The van der Waals surface area contributed by atoms with E-state index in [4.69, 9.17) is 9.47 Å². The molecular weight excluding hydrogens is 220 g/mol. The average molecular weight is 238 g/mol. The lowest BCUT2D eigenvalue weighted by Gasteiger charge is -2.41. The Balaban J connectivity index is 2.15. The van der Waals surface area contributed by atoms with Crippen molar-refractivity contribution in [2.75, 3.05) is 27.3 Å². The fourth-order valence-electron chi connectivity index (χ4n) is 2.15. The van der Waals surface area contributed by atoms with Crippen LogP contribution < -0.4 is 5.32 Å². The number of hydrogen-bond donors (Lipinski definition) is 1. The van der Waals surface area contributed by atoms with Crippen molar-refractivity contribution < 1.29 is 14.3 Å². The first kappa shape index (κ1) is 12.1. The second kappa shape index (κ2) is 4.50. The van der Waals surface area contributed by atoms with E-state index in [-0.39, 0.29) is 11.6 Å². The monoisotopic (exact) mass is 238 g/mol. The number of nitrogens with zero attached hydrogens (tertiary/aromatic N) is 1. The molecule has 0 aliphatic carbocycles. The molecule has 1 N–H and O–H groups in total. The molecule has 0 atom stereocenters. The van der Waals surface area contributed by atoms with Crippen molar-refractivity contribution in [1.82, 2.24) is 9.88 Å². The van der Waals surface area contributed by atoms with Crippen LogP contribution in [0.25, 0.3) is 0 Å². The first-order chi connectivity index (χ1) is 8.10. The van der Waals surface area contributed by atoms with Crippen LogP contribution in [-0.2, 0) is 22.9 Å². The summed E-state index contributed by atoms with van der Waals surface area (Å²) < 4.78 is 12.0. The van der Waals surface area contributed by atoms with Crippen molar-refractivity contribution in [2.45, 2.75) is 12.0 Å². The molecule has 5 heteroatoms. The van der Waals surface area contributed by atoms with Gasteiger partial charge in [0.25, 0.3) is 0 Å². The number of carbonyl (C=O) groups excluding carboxylic acids is 1. The zero-order chi connectivity index (χ0) is 12.5. The van der Waals surface area contributed by atoms with E-state index in [1.54, 1.807) is 11.7 Å². The first-order valence-corrected chi connectivity index (χ1v) is 5.60. The molecular formula is C12H18N2O3. The van der Waals surface area contributed by atoms with Gasteiger partial charge in [-0.1, -0.05) is 0 Å². The predicted molar refractivity (Wildman–Crippen MR) is 63.1 cm³/mol. The van der Waals surface area contributed by atoms with Crippen LogP contribution in [0.1, 0.15) is 16.1 Å². The minimum Gasteiger partial charge on any atom is -0.464 e. The van der Waals surface area contributed by atoms with Gasteiger partial charge in [0.15, 0.2) is 0 Å². The zero-order valence-corrected chi connectivity index (χ0v) is 10.4. The molecule has 1 saturated heterocycles. The van der Waals surface area contributed by atoms with Crippen molar-refractivity contribution in [3.63, 3.8) is 0 Å². The summed E-state index contributed by atoms with van der Waals surface area (Å²) in [5.74, 6) is -0.308. The number of esters is 1. The van der Waals surface area contributed by atoms with Gasteiger partial charge in [-0.05, 0) is 11.6 Å². The third-order valence-corrected chi connectivity index (χ3v) is 3.31. The minimum atomic E-state index is -0.308. The van der Waals surface area contributed by atoms with Gasteiger partial charge in [-0.25, -0.2) is 4.79 Å². The Morgan fingerprint density at radius 1 is 1.53 bits per heavy atom. The van der Waals surface area contributed by atoms with Gasteiger partial charge in [0.05, 0.1) is 12.7 Å². The summed E-state index contributed by atoms with van der Waals surface area (Å²) in [5, 5.41) is 3.21. The van der Waals surface area contributed by atoms with Gasteiger partial charge in [0, 0.05) is 39.9 Å². The lowest BCUT2D eigenvalue weighted by Crippen LogP contribution is -2.61. The molecule has 5 nitrogen and oxygen atoms in total. The second-order valence-corrected chi connectivity index (χ2v) is 4.50. The normalized spacial score (nSPS) is 17.6. The smallest absolute Gasteiger partial charge is 0.354 e. The van der Waals surface area contributed by atoms with E-state index in [0.717, 1.165) is 25.1 Å². The Morgan fingerprint density at radius 3 is 2.71 bits per heavy atom. The summed E-state index contributed by atoms with van der Waals surface area (Å²) in [6.45, 7) is 1.71. The summed E-state index contributed by atoms with van der Waals surface area (Å²) in [7, 11) is 4.96. The number of carbonyl (C=O) groups is 1. The Labute approximate surface area is 101 Å². The molecule has 0 aromatic carbocycles. The molecule has 0 spiro atoms. The van der Waals surface area contributed by atoms with Gasteiger partial charge in [0.2, 0.25) is 0 Å². The van der Waals surface area contributed by atoms with Gasteiger partial charge in [-0.15, -0.1) is 0 Å². The van der Waals surface area contributed by atoms with Crippen LogP contribution in [0.2, 0.25) is 0 Å². The number of nitrogens with one attached hydrogen (secondary N) is 1. The van der Waals surface area contributed by atoms with Gasteiger partial charge in [-0.2, -0.15) is 0 Å². The molecule has 0 unspecified atom stereocenters. The third kappa shape index (κ3) is 2.21. The molecule has 1 aromatic rings. The number of aromatic nitrogens is 1. The van der Waals surface area contributed by atoms with Gasteiger partial charge >= 0.3 is 5.97 Å². The molecule has 0 bridgehead atoms.